The van der Waals surface area contributed by atoms with Crippen molar-refractivity contribution in [2.45, 2.75) is 33.1 Å². The second-order valence-corrected chi connectivity index (χ2v) is 11.1. The number of rotatable bonds is 9. The van der Waals surface area contributed by atoms with Crippen LogP contribution in [0.4, 0.5) is 23.0 Å². The van der Waals surface area contributed by atoms with Gasteiger partial charge in [0.15, 0.2) is 11.6 Å². The lowest BCUT2D eigenvalue weighted by atomic mass is 9.86. The van der Waals surface area contributed by atoms with Crippen LogP contribution in [0.5, 0.6) is 0 Å². The van der Waals surface area contributed by atoms with Crippen LogP contribution in [0, 0.1) is 6.92 Å². The SMILES string of the molecule is COCCN(C)c1ccc(Nc2cc(-c3cccc(NC(=O)c4ccc(C(C)(C)C)cc4)c3C)cn(C)c2=O)nn1. The Hall–Kier alpha value is -4.50. The highest BCUT2D eigenvalue weighted by Crippen LogP contribution is 2.30. The molecule has 2 heterocycles. The Bertz CT molecular complexity index is 1570. The van der Waals surface area contributed by atoms with Gasteiger partial charge in [-0.2, -0.15) is 0 Å². The predicted octanol–water partition coefficient (Wildman–Crippen LogP) is 5.53. The molecule has 214 valence electrons. The number of aryl methyl sites for hydroxylation is 1. The third-order valence-corrected chi connectivity index (χ3v) is 7.02. The standard InChI is InChI=1S/C32H38N6O3/c1-21-25(9-8-10-26(21)34-30(39)22-11-13-24(14-12-22)32(2,3)4)23-19-27(31(40)38(6)20-23)33-28-15-16-29(36-35-28)37(5)17-18-41-7/h8-16,19-20H,17-18H2,1-7H3,(H,33,35)(H,34,39). The third-order valence-electron chi connectivity index (χ3n) is 7.02. The number of likely N-dealkylation sites (N-methyl/N-ethyl adjacent to an activating group) is 1. The molecule has 0 spiro atoms. The first-order valence-electron chi connectivity index (χ1n) is 13.5. The molecule has 0 aliphatic carbocycles. The van der Waals surface area contributed by atoms with Crippen LogP contribution >= 0.6 is 0 Å². The first-order chi connectivity index (χ1) is 19.5. The Morgan fingerprint density at radius 3 is 2.39 bits per heavy atom. The lowest BCUT2D eigenvalue weighted by Crippen LogP contribution is -2.23. The maximum Gasteiger partial charge on any atom is 0.274 e. The summed E-state index contributed by atoms with van der Waals surface area (Å²) in [5.41, 5.74) is 5.25. The van der Waals surface area contributed by atoms with Crippen molar-refractivity contribution in [1.29, 1.82) is 0 Å². The lowest BCUT2D eigenvalue weighted by molar-refractivity contribution is 0.102. The Labute approximate surface area is 241 Å². The summed E-state index contributed by atoms with van der Waals surface area (Å²) in [6.45, 7) is 9.65. The van der Waals surface area contributed by atoms with Gasteiger partial charge in [-0.3, -0.25) is 9.59 Å². The summed E-state index contributed by atoms with van der Waals surface area (Å²) < 4.78 is 6.64. The number of hydrogen-bond donors (Lipinski definition) is 2. The summed E-state index contributed by atoms with van der Waals surface area (Å²) in [5.74, 6) is 0.982. The van der Waals surface area contributed by atoms with Crippen molar-refractivity contribution in [3.63, 3.8) is 0 Å². The summed E-state index contributed by atoms with van der Waals surface area (Å²) in [4.78, 5) is 28.0. The van der Waals surface area contributed by atoms with Gasteiger partial charge in [-0.15, -0.1) is 10.2 Å². The molecule has 0 saturated heterocycles. The fourth-order valence-corrected chi connectivity index (χ4v) is 4.42. The Morgan fingerprint density at radius 1 is 1.02 bits per heavy atom. The van der Waals surface area contributed by atoms with Crippen molar-refractivity contribution >= 4 is 28.9 Å². The Balaban J connectivity index is 1.57. The topological polar surface area (TPSA) is 101 Å². The molecule has 0 unspecified atom stereocenters. The number of hydrogen-bond acceptors (Lipinski definition) is 7. The van der Waals surface area contributed by atoms with Crippen molar-refractivity contribution in [2.75, 3.05) is 42.8 Å². The average molecular weight is 555 g/mol. The molecule has 0 aliphatic rings. The highest BCUT2D eigenvalue weighted by atomic mass is 16.5. The second kappa shape index (κ2) is 12.3. The molecule has 2 aromatic carbocycles. The van der Waals surface area contributed by atoms with Gasteiger partial charge in [0.2, 0.25) is 0 Å². The zero-order valence-corrected chi connectivity index (χ0v) is 24.8. The van der Waals surface area contributed by atoms with Gasteiger partial charge in [-0.05, 0) is 65.4 Å². The molecule has 1 amide bonds. The van der Waals surface area contributed by atoms with Gasteiger partial charge in [0.05, 0.1) is 6.61 Å². The van der Waals surface area contributed by atoms with Crippen LogP contribution in [0.2, 0.25) is 0 Å². The molecule has 4 rings (SSSR count). The predicted molar refractivity (Wildman–Crippen MR) is 165 cm³/mol. The Kier molecular flexibility index (Phi) is 8.88. The quantitative estimate of drug-likeness (QED) is 0.281. The number of nitrogens with one attached hydrogen (secondary N) is 2. The van der Waals surface area contributed by atoms with Gasteiger partial charge in [0, 0.05) is 50.8 Å². The van der Waals surface area contributed by atoms with E-state index >= 15 is 0 Å². The number of methoxy groups -OCH3 is 1. The molecular weight excluding hydrogens is 516 g/mol. The zero-order chi connectivity index (χ0) is 29.7. The van der Waals surface area contributed by atoms with Crippen LogP contribution in [0.25, 0.3) is 11.1 Å². The molecule has 0 aliphatic heterocycles. The fraction of sp³-hybridized carbons (Fsp3) is 0.312. The molecule has 0 fully saturated rings. The molecule has 2 N–H and O–H groups in total. The molecule has 4 aromatic rings. The number of carbonyl (C=O) groups is 1. The van der Waals surface area contributed by atoms with Crippen LogP contribution in [-0.2, 0) is 17.2 Å². The molecule has 9 heteroatoms. The van der Waals surface area contributed by atoms with E-state index in [9.17, 15) is 9.59 Å². The summed E-state index contributed by atoms with van der Waals surface area (Å²) in [7, 11) is 5.28. The van der Waals surface area contributed by atoms with Crippen LogP contribution in [-0.4, -0.2) is 48.0 Å². The van der Waals surface area contributed by atoms with E-state index in [2.05, 4.69) is 41.6 Å². The van der Waals surface area contributed by atoms with Crippen molar-refractivity contribution < 1.29 is 9.53 Å². The summed E-state index contributed by atoms with van der Waals surface area (Å²) in [6, 6.07) is 18.9. The van der Waals surface area contributed by atoms with Crippen molar-refractivity contribution in [1.82, 2.24) is 14.8 Å². The summed E-state index contributed by atoms with van der Waals surface area (Å²) >= 11 is 0. The lowest BCUT2D eigenvalue weighted by Gasteiger charge is -2.19. The first-order valence-corrected chi connectivity index (χ1v) is 13.5. The first kappa shape index (κ1) is 29.5. The molecule has 41 heavy (non-hydrogen) atoms. The van der Waals surface area contributed by atoms with Gasteiger partial charge in [-0.25, -0.2) is 0 Å². The summed E-state index contributed by atoms with van der Waals surface area (Å²) in [6.07, 6.45) is 1.78. The van der Waals surface area contributed by atoms with Crippen LogP contribution in [0.15, 0.2) is 71.7 Å². The van der Waals surface area contributed by atoms with Crippen LogP contribution in [0.1, 0.15) is 42.3 Å². The minimum absolute atomic E-state index is 0.0141. The van der Waals surface area contributed by atoms with Gasteiger partial charge in [0.25, 0.3) is 11.5 Å². The normalized spacial score (nSPS) is 11.3. The van der Waals surface area contributed by atoms with Crippen molar-refractivity contribution in [3.8, 4) is 11.1 Å². The zero-order valence-electron chi connectivity index (χ0n) is 24.8. The van der Waals surface area contributed by atoms with E-state index in [0.717, 1.165) is 16.7 Å². The second-order valence-electron chi connectivity index (χ2n) is 11.1. The number of carbonyl (C=O) groups excluding carboxylic acids is 1. The number of nitrogens with zero attached hydrogens (tertiary/aromatic N) is 4. The molecule has 0 saturated carbocycles. The number of ether oxygens (including phenoxy) is 1. The number of aromatic nitrogens is 3. The van der Waals surface area contributed by atoms with Crippen molar-refractivity contribution in [3.05, 3.63) is 93.9 Å². The van der Waals surface area contributed by atoms with Crippen molar-refractivity contribution in [2.24, 2.45) is 7.05 Å². The van der Waals surface area contributed by atoms with E-state index in [1.807, 2.05) is 67.4 Å². The smallest absolute Gasteiger partial charge is 0.274 e. The average Bonchev–Trinajstić information content (AvgIpc) is 2.95. The van der Waals surface area contributed by atoms with E-state index in [-0.39, 0.29) is 16.9 Å². The number of anilines is 4. The van der Waals surface area contributed by atoms with Crippen LogP contribution in [0.3, 0.4) is 0 Å². The molecule has 2 aromatic heterocycles. The molecule has 0 atom stereocenters. The minimum atomic E-state index is -0.197. The van der Waals surface area contributed by atoms with Gasteiger partial charge in [-0.1, -0.05) is 45.0 Å². The molecule has 0 bridgehead atoms. The van der Waals surface area contributed by atoms with E-state index in [4.69, 9.17) is 4.74 Å². The van der Waals surface area contributed by atoms with Crippen LogP contribution < -0.4 is 21.1 Å². The summed E-state index contributed by atoms with van der Waals surface area (Å²) in [5, 5.41) is 14.7. The monoisotopic (exact) mass is 554 g/mol. The van der Waals surface area contributed by atoms with Gasteiger partial charge < -0.3 is 24.8 Å². The number of amides is 1. The highest BCUT2D eigenvalue weighted by molar-refractivity contribution is 6.05. The van der Waals surface area contributed by atoms with Gasteiger partial charge in [0.1, 0.15) is 5.69 Å². The van der Waals surface area contributed by atoms with E-state index in [1.54, 1.807) is 32.5 Å². The maximum absolute atomic E-state index is 13.1. The largest absolute Gasteiger partial charge is 0.383 e. The number of pyridine rings is 1. The fourth-order valence-electron chi connectivity index (χ4n) is 4.42. The maximum atomic E-state index is 13.1. The minimum Gasteiger partial charge on any atom is -0.383 e. The van der Waals surface area contributed by atoms with E-state index in [0.29, 0.717) is 41.7 Å². The molecule has 9 nitrogen and oxygen atoms in total. The van der Waals surface area contributed by atoms with Gasteiger partial charge >= 0.3 is 0 Å². The van der Waals surface area contributed by atoms with E-state index < -0.39 is 0 Å². The number of benzene rings is 2. The third kappa shape index (κ3) is 6.99. The highest BCUT2D eigenvalue weighted by Gasteiger charge is 2.16. The molecular formula is C32H38N6O3. The Morgan fingerprint density at radius 2 is 1.76 bits per heavy atom. The molecule has 0 radical (unpaired) electrons. The van der Waals surface area contributed by atoms with E-state index in [1.165, 1.54) is 10.1 Å².